The molecule has 0 aromatic heterocycles. The maximum absolute atomic E-state index is 3.75. The van der Waals surface area contributed by atoms with Gasteiger partial charge >= 0.3 is 0 Å². The Balaban J connectivity index is 2.07. The molecule has 0 aliphatic heterocycles. The summed E-state index contributed by atoms with van der Waals surface area (Å²) >= 11 is 0. The van der Waals surface area contributed by atoms with Crippen LogP contribution in [0, 0.1) is 19.3 Å². The van der Waals surface area contributed by atoms with Gasteiger partial charge in [0.15, 0.2) is 0 Å². The van der Waals surface area contributed by atoms with Crippen LogP contribution in [0.4, 0.5) is 0 Å². The Labute approximate surface area is 83.5 Å². The second-order valence-corrected chi connectivity index (χ2v) is 4.34. The Morgan fingerprint density at radius 3 is 2.62 bits per heavy atom. The van der Waals surface area contributed by atoms with Crippen molar-refractivity contribution in [3.63, 3.8) is 0 Å². The molecule has 1 saturated carbocycles. The number of hydrogen-bond acceptors (Lipinski definition) is 1. The molecule has 0 radical (unpaired) electrons. The lowest BCUT2D eigenvalue weighted by molar-refractivity contribution is 0.235. The van der Waals surface area contributed by atoms with Gasteiger partial charge in [0.1, 0.15) is 0 Å². The van der Waals surface area contributed by atoms with E-state index in [1.165, 1.54) is 45.2 Å². The molecule has 1 nitrogen and oxygen atoms in total. The number of rotatable bonds is 5. The zero-order chi connectivity index (χ0) is 9.52. The molecule has 1 rings (SSSR count). The predicted octanol–water partition coefficient (Wildman–Crippen LogP) is 2.93. The second-order valence-electron chi connectivity index (χ2n) is 4.34. The van der Waals surface area contributed by atoms with Crippen LogP contribution in [-0.4, -0.2) is 25.0 Å². The van der Waals surface area contributed by atoms with Crippen LogP contribution >= 0.6 is 0 Å². The van der Waals surface area contributed by atoms with E-state index in [9.17, 15) is 0 Å². The van der Waals surface area contributed by atoms with Crippen molar-refractivity contribution in [1.29, 1.82) is 0 Å². The van der Waals surface area contributed by atoms with E-state index in [4.69, 9.17) is 0 Å². The normalized spacial score (nSPS) is 19.3. The molecule has 0 unspecified atom stereocenters. The van der Waals surface area contributed by atoms with E-state index >= 15 is 0 Å². The molecule has 0 amide bonds. The van der Waals surface area contributed by atoms with Gasteiger partial charge in [-0.3, -0.25) is 0 Å². The number of nitrogens with zero attached hydrogens (tertiary/aromatic N) is 1. The standard InChI is InChI=1S/C12H23N/c1-3-4-10-13(2)11-12-8-6-5-7-9-12/h3,12H,1,4-11H2,2H3. The van der Waals surface area contributed by atoms with Gasteiger partial charge in [-0.2, -0.15) is 0 Å². The third kappa shape index (κ3) is 4.56. The molecule has 1 aliphatic carbocycles. The highest BCUT2D eigenvalue weighted by atomic mass is 15.1. The largest absolute Gasteiger partial charge is 0.302 e. The molecule has 0 saturated heterocycles. The van der Waals surface area contributed by atoms with Crippen LogP contribution in [0.5, 0.6) is 0 Å². The quantitative estimate of drug-likeness (QED) is 0.589. The van der Waals surface area contributed by atoms with E-state index in [-0.39, 0.29) is 0 Å². The lowest BCUT2D eigenvalue weighted by atomic mass is 9.89. The van der Waals surface area contributed by atoms with Gasteiger partial charge in [0, 0.05) is 13.1 Å². The molecular weight excluding hydrogens is 158 g/mol. The summed E-state index contributed by atoms with van der Waals surface area (Å²) in [5.74, 6) is 0.976. The van der Waals surface area contributed by atoms with Crippen LogP contribution < -0.4 is 0 Å². The highest BCUT2D eigenvalue weighted by Crippen LogP contribution is 2.23. The van der Waals surface area contributed by atoms with E-state index < -0.39 is 0 Å². The third-order valence-electron chi connectivity index (χ3n) is 3.01. The average Bonchev–Trinajstić information content (AvgIpc) is 2.16. The molecule has 1 fully saturated rings. The first-order valence-corrected chi connectivity index (χ1v) is 5.62. The van der Waals surface area contributed by atoms with Crippen molar-refractivity contribution >= 4 is 0 Å². The summed E-state index contributed by atoms with van der Waals surface area (Å²) in [6, 6.07) is 0. The van der Waals surface area contributed by atoms with Crippen molar-refractivity contribution in [2.24, 2.45) is 5.92 Å². The van der Waals surface area contributed by atoms with Crippen LogP contribution in [0.25, 0.3) is 0 Å². The maximum atomic E-state index is 3.75. The first-order chi connectivity index (χ1) is 6.33. The summed E-state index contributed by atoms with van der Waals surface area (Å²) in [5, 5.41) is 0. The van der Waals surface area contributed by atoms with E-state index in [0.29, 0.717) is 0 Å². The van der Waals surface area contributed by atoms with E-state index in [1.54, 1.807) is 0 Å². The fraction of sp³-hybridized carbons (Fsp3) is 0.833. The Kier molecular flexibility index (Phi) is 5.29. The molecule has 0 aromatic carbocycles. The minimum Gasteiger partial charge on any atom is -0.302 e. The highest BCUT2D eigenvalue weighted by molar-refractivity contribution is 4.72. The fourth-order valence-electron chi connectivity index (χ4n) is 2.21. The molecule has 0 bridgehead atoms. The van der Waals surface area contributed by atoms with Crippen LogP contribution in [-0.2, 0) is 0 Å². The van der Waals surface area contributed by atoms with Crippen LogP contribution in [0.2, 0.25) is 0 Å². The fourth-order valence-corrected chi connectivity index (χ4v) is 2.21. The topological polar surface area (TPSA) is 3.24 Å². The van der Waals surface area contributed by atoms with Crippen LogP contribution in [0.15, 0.2) is 0 Å². The monoisotopic (exact) mass is 181 g/mol. The highest BCUT2D eigenvalue weighted by Gasteiger charge is 2.14. The second kappa shape index (κ2) is 6.31. The van der Waals surface area contributed by atoms with Gasteiger partial charge in [-0.1, -0.05) is 25.7 Å². The van der Waals surface area contributed by atoms with Crippen molar-refractivity contribution in [3.05, 3.63) is 13.3 Å². The Hall–Kier alpha value is -0.170. The van der Waals surface area contributed by atoms with Gasteiger partial charge in [0.05, 0.1) is 6.42 Å². The SMILES string of the molecule is [CH2-][CH+]CCN(C)CC1CCCCC1. The van der Waals surface area contributed by atoms with Gasteiger partial charge in [0.25, 0.3) is 0 Å². The molecule has 1 heteroatoms. The van der Waals surface area contributed by atoms with Gasteiger partial charge in [0.2, 0.25) is 0 Å². The lowest BCUT2D eigenvalue weighted by Gasteiger charge is -2.26. The van der Waals surface area contributed by atoms with E-state index in [1.807, 2.05) is 6.42 Å². The van der Waals surface area contributed by atoms with Crippen molar-refractivity contribution in [3.8, 4) is 0 Å². The first kappa shape index (κ1) is 10.9. The first-order valence-electron chi connectivity index (χ1n) is 5.62. The molecule has 0 aromatic rings. The summed E-state index contributed by atoms with van der Waals surface area (Å²) < 4.78 is 0. The predicted molar refractivity (Wildman–Crippen MR) is 58.3 cm³/mol. The van der Waals surface area contributed by atoms with Gasteiger partial charge in [-0.25, -0.2) is 0 Å². The van der Waals surface area contributed by atoms with Gasteiger partial charge < -0.3 is 4.90 Å². The van der Waals surface area contributed by atoms with Crippen molar-refractivity contribution in [1.82, 2.24) is 4.90 Å². The number of unbranched alkanes of at least 4 members (excludes halogenated alkanes) is 1. The molecule has 76 valence electrons. The molecule has 0 atom stereocenters. The number of hydrogen-bond donors (Lipinski definition) is 0. The average molecular weight is 181 g/mol. The van der Waals surface area contributed by atoms with E-state index in [2.05, 4.69) is 18.9 Å². The third-order valence-corrected chi connectivity index (χ3v) is 3.01. The maximum Gasteiger partial charge on any atom is 0.0696 e. The van der Waals surface area contributed by atoms with Crippen molar-refractivity contribution in [2.75, 3.05) is 20.1 Å². The molecule has 0 heterocycles. The summed E-state index contributed by atoms with van der Waals surface area (Å²) in [6.07, 6.45) is 10.4. The molecule has 0 spiro atoms. The van der Waals surface area contributed by atoms with Crippen molar-refractivity contribution in [2.45, 2.75) is 38.5 Å². The van der Waals surface area contributed by atoms with Crippen LogP contribution in [0.3, 0.4) is 0 Å². The summed E-state index contributed by atoms with van der Waals surface area (Å²) in [4.78, 5) is 2.46. The van der Waals surface area contributed by atoms with Gasteiger partial charge in [-0.05, 0) is 25.8 Å². The molecule has 1 aliphatic rings. The Morgan fingerprint density at radius 2 is 2.00 bits per heavy atom. The smallest absolute Gasteiger partial charge is 0.0696 e. The van der Waals surface area contributed by atoms with E-state index in [0.717, 1.165) is 12.3 Å². The molecule has 13 heavy (non-hydrogen) atoms. The summed E-state index contributed by atoms with van der Waals surface area (Å²) in [6.45, 7) is 6.23. The lowest BCUT2D eigenvalue weighted by Crippen LogP contribution is -2.27. The molecule has 0 N–H and O–H groups in total. The summed E-state index contributed by atoms with van der Waals surface area (Å²) in [7, 11) is 2.23. The van der Waals surface area contributed by atoms with Crippen molar-refractivity contribution < 1.29 is 0 Å². The van der Waals surface area contributed by atoms with Crippen LogP contribution in [0.1, 0.15) is 38.5 Å². The Bertz CT molecular complexity index is 116. The molecular formula is C12H23N. The zero-order valence-corrected chi connectivity index (χ0v) is 8.97. The minimum atomic E-state index is 0.976. The minimum absolute atomic E-state index is 0.976. The summed E-state index contributed by atoms with van der Waals surface area (Å²) in [5.41, 5.74) is 0. The Morgan fingerprint density at radius 1 is 1.31 bits per heavy atom. The zero-order valence-electron chi connectivity index (χ0n) is 8.97. The van der Waals surface area contributed by atoms with Gasteiger partial charge in [-0.15, -0.1) is 6.92 Å².